The number of aromatic nitrogens is 2. The van der Waals surface area contributed by atoms with Crippen molar-refractivity contribution in [2.45, 2.75) is 71.4 Å². The van der Waals surface area contributed by atoms with Crippen molar-refractivity contribution in [3.8, 4) is 0 Å². The Bertz CT molecular complexity index is 1300. The highest BCUT2D eigenvalue weighted by Gasteiger charge is 2.26. The molecule has 1 saturated carbocycles. The lowest BCUT2D eigenvalue weighted by molar-refractivity contribution is 0.0263. The molecule has 2 aliphatic rings. The van der Waals surface area contributed by atoms with Gasteiger partial charge in [-0.25, -0.2) is 9.59 Å². The standard InChI is InChI=1S/C30H41N5O3/c1-30(2,3)38-29(37)34-16-10-15-33(17-18-34)26-20-27-25(19-24(26)31-23-13-8-5-9-14-23)32-28(36)35(27)21-22-11-6-4-7-12-22/h5,8-9,13-14,19-20,22,31H,4,6-7,10-12,15-18,21H2,1-3H3,(H,32,36). The highest BCUT2D eigenvalue weighted by atomic mass is 16.6. The molecule has 38 heavy (non-hydrogen) atoms. The van der Waals surface area contributed by atoms with Crippen LogP contribution in [0.15, 0.2) is 47.3 Å². The molecule has 1 aromatic heterocycles. The molecular weight excluding hydrogens is 478 g/mol. The zero-order valence-electron chi connectivity index (χ0n) is 23.0. The molecule has 1 amide bonds. The maximum atomic E-state index is 13.1. The van der Waals surface area contributed by atoms with E-state index in [0.29, 0.717) is 25.6 Å². The van der Waals surface area contributed by atoms with Crippen molar-refractivity contribution >= 4 is 34.2 Å². The number of carbonyl (C=O) groups is 1. The minimum absolute atomic E-state index is 0.0413. The van der Waals surface area contributed by atoms with Crippen molar-refractivity contribution in [3.63, 3.8) is 0 Å². The van der Waals surface area contributed by atoms with Gasteiger partial charge in [0.05, 0.1) is 22.4 Å². The van der Waals surface area contributed by atoms with Gasteiger partial charge >= 0.3 is 11.8 Å². The normalized spacial score (nSPS) is 17.4. The summed E-state index contributed by atoms with van der Waals surface area (Å²) in [7, 11) is 0. The number of nitrogens with one attached hydrogen (secondary N) is 2. The molecule has 8 nitrogen and oxygen atoms in total. The number of H-pyrrole nitrogens is 1. The first-order valence-electron chi connectivity index (χ1n) is 14.1. The van der Waals surface area contributed by atoms with Crippen LogP contribution in [-0.4, -0.2) is 52.3 Å². The van der Waals surface area contributed by atoms with Crippen molar-refractivity contribution < 1.29 is 9.53 Å². The first kappa shape index (κ1) is 26.2. The molecule has 204 valence electrons. The lowest BCUT2D eigenvalue weighted by Crippen LogP contribution is -2.39. The number of aromatic amines is 1. The molecule has 0 bridgehead atoms. The topological polar surface area (TPSA) is 82.6 Å². The molecule has 8 heteroatoms. The first-order chi connectivity index (χ1) is 18.3. The van der Waals surface area contributed by atoms with E-state index in [9.17, 15) is 9.59 Å². The number of para-hydroxylation sites is 1. The number of imidazole rings is 1. The lowest BCUT2D eigenvalue weighted by Gasteiger charge is -2.28. The fourth-order valence-corrected chi connectivity index (χ4v) is 5.71. The smallest absolute Gasteiger partial charge is 0.410 e. The molecule has 2 N–H and O–H groups in total. The fraction of sp³-hybridized carbons (Fsp3) is 0.533. The average Bonchev–Trinajstić information content (AvgIpc) is 3.04. The van der Waals surface area contributed by atoms with Crippen LogP contribution in [0.2, 0.25) is 0 Å². The number of benzene rings is 2. The van der Waals surface area contributed by atoms with Gasteiger partial charge in [0.25, 0.3) is 0 Å². The number of fused-ring (bicyclic) bond motifs is 1. The summed E-state index contributed by atoms with van der Waals surface area (Å²) in [6.07, 6.45) is 6.75. The maximum absolute atomic E-state index is 13.1. The van der Waals surface area contributed by atoms with E-state index < -0.39 is 5.60 Å². The minimum atomic E-state index is -0.517. The second kappa shape index (κ2) is 11.1. The summed E-state index contributed by atoms with van der Waals surface area (Å²) in [6, 6.07) is 14.3. The van der Waals surface area contributed by atoms with Gasteiger partial charge in [0, 0.05) is 38.4 Å². The molecule has 0 radical (unpaired) electrons. The van der Waals surface area contributed by atoms with E-state index in [4.69, 9.17) is 4.74 Å². The van der Waals surface area contributed by atoms with E-state index in [2.05, 4.69) is 27.3 Å². The quantitative estimate of drug-likeness (QED) is 0.426. The largest absolute Gasteiger partial charge is 0.444 e. The van der Waals surface area contributed by atoms with E-state index in [1.54, 1.807) is 0 Å². The summed E-state index contributed by atoms with van der Waals surface area (Å²) in [5.74, 6) is 0.548. The van der Waals surface area contributed by atoms with Crippen LogP contribution in [0.4, 0.5) is 21.9 Å². The second-order valence-corrected chi connectivity index (χ2v) is 11.7. The molecule has 0 atom stereocenters. The summed E-state index contributed by atoms with van der Waals surface area (Å²) in [6.45, 7) is 9.19. The van der Waals surface area contributed by atoms with Crippen molar-refractivity contribution in [3.05, 3.63) is 52.9 Å². The molecule has 1 aliphatic heterocycles. The van der Waals surface area contributed by atoms with Gasteiger partial charge in [-0.05, 0) is 70.2 Å². The van der Waals surface area contributed by atoms with E-state index in [0.717, 1.165) is 47.6 Å². The average molecular weight is 520 g/mol. The number of nitrogens with zero attached hydrogens (tertiary/aromatic N) is 3. The van der Waals surface area contributed by atoms with Gasteiger partial charge in [-0.2, -0.15) is 0 Å². The Morgan fingerprint density at radius 1 is 1.00 bits per heavy atom. The highest BCUT2D eigenvalue weighted by Crippen LogP contribution is 2.34. The van der Waals surface area contributed by atoms with E-state index in [1.807, 2.05) is 60.6 Å². The Kier molecular flexibility index (Phi) is 7.68. The van der Waals surface area contributed by atoms with Gasteiger partial charge in [0.15, 0.2) is 0 Å². The zero-order chi connectivity index (χ0) is 26.7. The molecule has 2 aromatic carbocycles. The van der Waals surface area contributed by atoms with Gasteiger partial charge in [-0.15, -0.1) is 0 Å². The Hall–Kier alpha value is -3.42. The predicted octanol–water partition coefficient (Wildman–Crippen LogP) is 6.10. The molecule has 1 saturated heterocycles. The van der Waals surface area contributed by atoms with Crippen LogP contribution in [0.1, 0.15) is 59.3 Å². The van der Waals surface area contributed by atoms with Crippen molar-refractivity contribution in [2.24, 2.45) is 5.92 Å². The van der Waals surface area contributed by atoms with Gasteiger partial charge in [0.2, 0.25) is 0 Å². The van der Waals surface area contributed by atoms with E-state index in [1.165, 1.54) is 32.1 Å². The fourth-order valence-electron chi connectivity index (χ4n) is 5.71. The number of amides is 1. The summed E-state index contributed by atoms with van der Waals surface area (Å²) in [5, 5.41) is 3.58. The summed E-state index contributed by atoms with van der Waals surface area (Å²) in [4.78, 5) is 33.1. The Morgan fingerprint density at radius 2 is 1.76 bits per heavy atom. The van der Waals surface area contributed by atoms with E-state index in [-0.39, 0.29) is 11.8 Å². The Morgan fingerprint density at radius 3 is 2.50 bits per heavy atom. The van der Waals surface area contributed by atoms with Crippen molar-refractivity contribution in [2.75, 3.05) is 36.4 Å². The summed E-state index contributed by atoms with van der Waals surface area (Å²) in [5.41, 5.74) is 4.21. The van der Waals surface area contributed by atoms with Crippen LogP contribution in [0.3, 0.4) is 0 Å². The number of rotatable bonds is 5. The summed E-state index contributed by atoms with van der Waals surface area (Å²) >= 11 is 0. The number of anilines is 3. The molecule has 3 aromatic rings. The van der Waals surface area contributed by atoms with Crippen LogP contribution in [0.5, 0.6) is 0 Å². The van der Waals surface area contributed by atoms with Crippen molar-refractivity contribution in [1.29, 1.82) is 0 Å². The third-order valence-electron chi connectivity index (χ3n) is 7.60. The van der Waals surface area contributed by atoms with E-state index >= 15 is 0 Å². The zero-order valence-corrected chi connectivity index (χ0v) is 23.0. The molecular formula is C30H41N5O3. The SMILES string of the molecule is CC(C)(C)OC(=O)N1CCCN(c2cc3c(cc2Nc2ccccc2)[nH]c(=O)n3CC2CCCCC2)CC1. The number of carbonyl (C=O) groups excluding carboxylic acids is 1. The number of hydrogen-bond acceptors (Lipinski definition) is 5. The molecule has 5 rings (SSSR count). The molecule has 1 aliphatic carbocycles. The van der Waals surface area contributed by atoms with Crippen LogP contribution in [0.25, 0.3) is 11.0 Å². The number of hydrogen-bond donors (Lipinski definition) is 2. The molecule has 2 fully saturated rings. The predicted molar refractivity (Wildman–Crippen MR) is 153 cm³/mol. The van der Waals surface area contributed by atoms with Gasteiger partial charge in [0.1, 0.15) is 5.60 Å². The van der Waals surface area contributed by atoms with Gasteiger partial charge < -0.3 is 24.8 Å². The Labute approximate surface area is 225 Å². The highest BCUT2D eigenvalue weighted by molar-refractivity contribution is 5.90. The Balaban J connectivity index is 1.47. The summed E-state index contributed by atoms with van der Waals surface area (Å²) < 4.78 is 7.58. The number of ether oxygens (including phenoxy) is 1. The van der Waals surface area contributed by atoms with Crippen LogP contribution in [-0.2, 0) is 11.3 Å². The second-order valence-electron chi connectivity index (χ2n) is 11.7. The minimum Gasteiger partial charge on any atom is -0.444 e. The van der Waals surface area contributed by atoms with Crippen LogP contribution < -0.4 is 15.9 Å². The maximum Gasteiger partial charge on any atom is 0.410 e. The molecule has 0 spiro atoms. The van der Waals surface area contributed by atoms with Gasteiger partial charge in [-0.1, -0.05) is 37.5 Å². The van der Waals surface area contributed by atoms with Crippen LogP contribution in [0, 0.1) is 5.92 Å². The third kappa shape index (κ3) is 6.17. The molecule has 2 heterocycles. The van der Waals surface area contributed by atoms with Gasteiger partial charge in [-0.3, -0.25) is 4.57 Å². The first-order valence-corrected chi connectivity index (χ1v) is 14.1. The van der Waals surface area contributed by atoms with Crippen molar-refractivity contribution in [1.82, 2.24) is 14.5 Å². The molecule has 0 unspecified atom stereocenters. The third-order valence-corrected chi connectivity index (χ3v) is 7.60. The van der Waals surface area contributed by atoms with Crippen LogP contribution >= 0.6 is 0 Å². The monoisotopic (exact) mass is 519 g/mol. The lowest BCUT2D eigenvalue weighted by atomic mass is 9.89.